The minimum absolute atomic E-state index is 0.199. The van der Waals surface area contributed by atoms with Crippen LogP contribution in [-0.4, -0.2) is 67.5 Å². The van der Waals surface area contributed by atoms with Crippen LogP contribution < -0.4 is 15.0 Å². The largest absolute Gasteiger partial charge is 0.460 e. The van der Waals surface area contributed by atoms with E-state index in [9.17, 15) is 14.6 Å². The molecule has 0 fully saturated rings. The number of anilines is 2. The summed E-state index contributed by atoms with van der Waals surface area (Å²) in [7, 11) is 0.657. The summed E-state index contributed by atoms with van der Waals surface area (Å²) in [5, 5.41) is 12.5. The van der Waals surface area contributed by atoms with Crippen molar-refractivity contribution in [1.82, 2.24) is 5.23 Å². The van der Waals surface area contributed by atoms with E-state index < -0.39 is 24.7 Å². The number of carbonyl (C=O) groups excluding carboxylic acids is 2. The van der Waals surface area contributed by atoms with Crippen LogP contribution in [0.15, 0.2) is 24.3 Å². The molecule has 1 rings (SSSR count). The van der Waals surface area contributed by atoms with Crippen LogP contribution in [0.25, 0.3) is 0 Å². The number of benzene rings is 1. The highest BCUT2D eigenvalue weighted by molar-refractivity contribution is 6.46. The van der Waals surface area contributed by atoms with Gasteiger partial charge >= 0.3 is 13.0 Å². The summed E-state index contributed by atoms with van der Waals surface area (Å²) in [4.78, 5) is 28.8. The van der Waals surface area contributed by atoms with Gasteiger partial charge in [-0.1, -0.05) is 6.07 Å². The Morgan fingerprint density at radius 3 is 2.27 bits per heavy atom. The predicted octanol–water partition coefficient (Wildman–Crippen LogP) is 2.73. The lowest BCUT2D eigenvalue weighted by molar-refractivity contribution is -0.156. The van der Waals surface area contributed by atoms with Crippen molar-refractivity contribution in [1.29, 1.82) is 0 Å². The molecular weight excluding hydrogens is 428 g/mol. The molecule has 7 nitrogen and oxygen atoms in total. The van der Waals surface area contributed by atoms with Gasteiger partial charge in [-0.25, -0.2) is 0 Å². The number of likely N-dealkylation sites (N-methyl/N-ethyl adjacent to an activating group) is 1. The summed E-state index contributed by atoms with van der Waals surface area (Å²) < 4.78 is 5.33. The van der Waals surface area contributed by atoms with Gasteiger partial charge in [-0.05, 0) is 45.8 Å². The fourth-order valence-corrected chi connectivity index (χ4v) is 3.30. The topological polar surface area (TPSA) is 82.1 Å². The molecule has 0 aliphatic heterocycles. The molecule has 0 aliphatic rings. The summed E-state index contributed by atoms with van der Waals surface area (Å²) in [6, 6.07) is 6.50. The van der Waals surface area contributed by atoms with Crippen molar-refractivity contribution in [3.63, 3.8) is 0 Å². The normalized spacial score (nSPS) is 12.3. The number of alkyl halides is 2. The molecule has 0 aromatic heterocycles. The second-order valence-electron chi connectivity index (χ2n) is 7.97. The first kappa shape index (κ1) is 26.6. The van der Waals surface area contributed by atoms with Crippen LogP contribution in [0.1, 0.15) is 27.2 Å². The van der Waals surface area contributed by atoms with Crippen LogP contribution in [0.2, 0.25) is 6.82 Å². The third-order valence-corrected chi connectivity index (χ3v) is 4.49. The Labute approximate surface area is 189 Å². The molecule has 30 heavy (non-hydrogen) atoms. The molecule has 0 radical (unpaired) electrons. The molecule has 0 heterocycles. The van der Waals surface area contributed by atoms with Gasteiger partial charge in [0, 0.05) is 43.3 Å². The molecule has 0 aliphatic carbocycles. The first-order valence-corrected chi connectivity index (χ1v) is 11.0. The molecule has 168 valence electrons. The molecule has 1 atom stereocenters. The van der Waals surface area contributed by atoms with E-state index in [1.807, 2.05) is 23.1 Å². The van der Waals surface area contributed by atoms with Gasteiger partial charge < -0.3 is 24.8 Å². The monoisotopic (exact) mass is 459 g/mol. The molecule has 1 aromatic carbocycles. The molecular formula is C20H32BCl2N3O4. The van der Waals surface area contributed by atoms with Gasteiger partial charge in [-0.3, -0.25) is 9.59 Å². The van der Waals surface area contributed by atoms with Crippen molar-refractivity contribution < 1.29 is 19.3 Å². The Kier molecular flexibility index (Phi) is 11.0. The van der Waals surface area contributed by atoms with Gasteiger partial charge in [0.2, 0.25) is 5.91 Å². The van der Waals surface area contributed by atoms with E-state index >= 15 is 0 Å². The molecule has 0 spiro atoms. The predicted molar refractivity (Wildman–Crippen MR) is 125 cm³/mol. The maximum absolute atomic E-state index is 13.1. The molecule has 0 bridgehead atoms. The van der Waals surface area contributed by atoms with Gasteiger partial charge in [0.25, 0.3) is 0 Å². The average molecular weight is 460 g/mol. The number of rotatable bonds is 11. The second-order valence-corrected chi connectivity index (χ2v) is 8.72. The highest BCUT2D eigenvalue weighted by Crippen LogP contribution is 2.23. The van der Waals surface area contributed by atoms with Gasteiger partial charge in [-0.15, -0.1) is 23.2 Å². The van der Waals surface area contributed by atoms with Crippen LogP contribution in [0, 0.1) is 0 Å². The maximum atomic E-state index is 13.1. The molecule has 0 unspecified atom stereocenters. The van der Waals surface area contributed by atoms with E-state index in [1.165, 1.54) is 11.7 Å². The van der Waals surface area contributed by atoms with Gasteiger partial charge in [0.15, 0.2) is 0 Å². The Morgan fingerprint density at radius 2 is 1.77 bits per heavy atom. The average Bonchev–Trinajstić information content (AvgIpc) is 2.64. The zero-order chi connectivity index (χ0) is 22.9. The quantitative estimate of drug-likeness (QED) is 0.300. The molecule has 10 heteroatoms. The van der Waals surface area contributed by atoms with E-state index in [0.29, 0.717) is 30.5 Å². The number of ether oxygens (including phenoxy) is 1. The lowest BCUT2D eigenvalue weighted by atomic mass is 9.86. The molecule has 1 aromatic rings. The molecule has 1 amide bonds. The van der Waals surface area contributed by atoms with Crippen LogP contribution >= 0.6 is 23.2 Å². The van der Waals surface area contributed by atoms with Crippen molar-refractivity contribution in [2.24, 2.45) is 0 Å². The fourth-order valence-electron chi connectivity index (χ4n) is 2.89. The van der Waals surface area contributed by atoms with Crippen molar-refractivity contribution in [3.05, 3.63) is 24.3 Å². The van der Waals surface area contributed by atoms with Crippen LogP contribution in [0.4, 0.5) is 11.4 Å². The molecule has 0 saturated heterocycles. The summed E-state index contributed by atoms with van der Waals surface area (Å²) in [5.41, 5.74) is 0.873. The van der Waals surface area contributed by atoms with Crippen LogP contribution in [-0.2, 0) is 14.3 Å². The van der Waals surface area contributed by atoms with Crippen molar-refractivity contribution in [2.45, 2.75) is 45.7 Å². The summed E-state index contributed by atoms with van der Waals surface area (Å²) in [5.74, 6) is 0.0184. The number of amides is 1. The third-order valence-electron chi connectivity index (χ3n) is 4.15. The maximum Gasteiger partial charge on any atom is 0.374 e. The number of hydrogen-bond acceptors (Lipinski definition) is 6. The van der Waals surface area contributed by atoms with Gasteiger partial charge in [0.1, 0.15) is 5.60 Å². The summed E-state index contributed by atoms with van der Waals surface area (Å²) in [6.07, 6.45) is -0.199. The van der Waals surface area contributed by atoms with E-state index in [0.717, 1.165) is 5.69 Å². The fraction of sp³-hybridized carbons (Fsp3) is 0.600. The highest BCUT2D eigenvalue weighted by Gasteiger charge is 2.29. The Morgan fingerprint density at radius 1 is 1.20 bits per heavy atom. The first-order chi connectivity index (χ1) is 14.0. The SMILES string of the molecule is CB(O)N[C@H](CC(=O)OC(C)(C)C)C(=O)N(C)c1cccc(N(CCCl)CCCl)c1. The molecule has 0 saturated carbocycles. The van der Waals surface area contributed by atoms with E-state index in [-0.39, 0.29) is 12.3 Å². The number of halogens is 2. The van der Waals surface area contributed by atoms with Crippen molar-refractivity contribution in [3.8, 4) is 0 Å². The highest BCUT2D eigenvalue weighted by atomic mass is 35.5. The molecule has 2 N–H and O–H groups in total. The standard InChI is InChI=1S/C20H32BCl2N3O4/c1-20(2,3)30-18(27)14-17(24-21(4)29)19(28)25(5)15-7-6-8-16(13-15)26(11-9-22)12-10-23/h6-8,13,17,24,29H,9-12,14H2,1-5H3/t17-/m1/s1. The third kappa shape index (κ3) is 9.12. The number of nitrogens with zero attached hydrogens (tertiary/aromatic N) is 2. The van der Waals surface area contributed by atoms with E-state index in [2.05, 4.69) is 5.23 Å². The first-order valence-electron chi connectivity index (χ1n) is 9.89. The van der Waals surface area contributed by atoms with Crippen molar-refractivity contribution in [2.75, 3.05) is 41.7 Å². The van der Waals surface area contributed by atoms with E-state index in [4.69, 9.17) is 27.9 Å². The van der Waals surface area contributed by atoms with Gasteiger partial charge in [0.05, 0.1) is 12.5 Å². The van der Waals surface area contributed by atoms with Crippen molar-refractivity contribution >= 4 is 53.5 Å². The summed E-state index contributed by atoms with van der Waals surface area (Å²) in [6.45, 7) is 8.02. The van der Waals surface area contributed by atoms with Gasteiger partial charge in [-0.2, -0.15) is 0 Å². The minimum atomic E-state index is -0.968. The number of hydrogen-bond donors (Lipinski definition) is 2. The van der Waals surface area contributed by atoms with Crippen LogP contribution in [0.3, 0.4) is 0 Å². The second kappa shape index (κ2) is 12.4. The number of esters is 1. The Bertz CT molecular complexity index is 695. The zero-order valence-electron chi connectivity index (χ0n) is 18.3. The number of carbonyl (C=O) groups is 2. The zero-order valence-corrected chi connectivity index (χ0v) is 19.8. The minimum Gasteiger partial charge on any atom is -0.460 e. The lowest BCUT2D eigenvalue weighted by Crippen LogP contribution is -2.51. The van der Waals surface area contributed by atoms with Crippen LogP contribution in [0.5, 0.6) is 0 Å². The van der Waals surface area contributed by atoms with E-state index in [1.54, 1.807) is 33.9 Å². The smallest absolute Gasteiger partial charge is 0.374 e. The lowest BCUT2D eigenvalue weighted by Gasteiger charge is -2.28. The Balaban J connectivity index is 3.04. The Hall–Kier alpha value is -1.48. The number of nitrogens with one attached hydrogen (secondary N) is 1. The summed E-state index contributed by atoms with van der Waals surface area (Å²) >= 11 is 11.8.